The molecule has 0 unspecified atom stereocenters. The van der Waals surface area contributed by atoms with Crippen molar-refractivity contribution in [3.63, 3.8) is 0 Å². The summed E-state index contributed by atoms with van der Waals surface area (Å²) in [5, 5.41) is 9.94. The topological polar surface area (TPSA) is 68.7 Å². The molecule has 0 aliphatic rings. The number of aromatic nitrogens is 1. The quantitative estimate of drug-likeness (QED) is 0.380. The number of hydrogen-bond acceptors (Lipinski definition) is 4. The molecule has 1 aromatic heterocycles. The van der Waals surface area contributed by atoms with Crippen molar-refractivity contribution in [2.45, 2.75) is 33.1 Å². The van der Waals surface area contributed by atoms with Crippen LogP contribution in [0, 0.1) is 5.92 Å². The number of aromatic carboxylic acids is 1. The van der Waals surface area contributed by atoms with E-state index in [1.165, 1.54) is 0 Å². The average Bonchev–Trinajstić information content (AvgIpc) is 2.77. The van der Waals surface area contributed by atoms with E-state index in [1.54, 1.807) is 20.3 Å². The zero-order valence-electron chi connectivity index (χ0n) is 18.8. The van der Waals surface area contributed by atoms with Crippen molar-refractivity contribution in [2.75, 3.05) is 14.2 Å². The van der Waals surface area contributed by atoms with Crippen LogP contribution in [0.15, 0.2) is 53.0 Å². The summed E-state index contributed by atoms with van der Waals surface area (Å²) in [5.74, 6) is 0.896. The molecule has 1 heterocycles. The van der Waals surface area contributed by atoms with Gasteiger partial charge in [0.25, 0.3) is 0 Å². The lowest BCUT2D eigenvalue weighted by molar-refractivity contribution is 0.0695. The number of carboxylic acids is 1. The Labute approximate surface area is 197 Å². The normalized spacial score (nSPS) is 10.9. The van der Waals surface area contributed by atoms with Gasteiger partial charge in [-0.1, -0.05) is 41.9 Å². The largest absolute Gasteiger partial charge is 0.497 e. The molecule has 6 heteroatoms. The van der Waals surface area contributed by atoms with Crippen LogP contribution in [0.4, 0.5) is 0 Å². The van der Waals surface area contributed by atoms with Gasteiger partial charge in [0.2, 0.25) is 0 Å². The standard InChI is InChI=1S/C26H28BrNO4/c1-16(2)13-24-21(17-5-8-19(27)9-6-17)15-22(26(29)30)23(28-24)11-7-18-14-20(31-3)10-12-25(18)32-4/h5-6,8-10,12,14-16H,7,11,13H2,1-4H3,(H,29,30). The zero-order chi connectivity index (χ0) is 23.3. The molecule has 2 aromatic carbocycles. The van der Waals surface area contributed by atoms with Crippen molar-refractivity contribution < 1.29 is 19.4 Å². The van der Waals surface area contributed by atoms with Crippen LogP contribution in [-0.2, 0) is 19.3 Å². The van der Waals surface area contributed by atoms with E-state index in [2.05, 4.69) is 29.8 Å². The molecule has 3 aromatic rings. The van der Waals surface area contributed by atoms with Crippen molar-refractivity contribution >= 4 is 21.9 Å². The number of rotatable bonds is 9. The molecule has 3 rings (SSSR count). The first-order valence-electron chi connectivity index (χ1n) is 10.5. The summed E-state index contributed by atoms with van der Waals surface area (Å²) in [6.07, 6.45) is 1.84. The predicted molar refractivity (Wildman–Crippen MR) is 130 cm³/mol. The zero-order valence-corrected chi connectivity index (χ0v) is 20.4. The highest BCUT2D eigenvalue weighted by molar-refractivity contribution is 9.10. The number of methoxy groups -OCH3 is 2. The molecule has 0 atom stereocenters. The Morgan fingerprint density at radius 1 is 1.00 bits per heavy atom. The van der Waals surface area contributed by atoms with Gasteiger partial charge >= 0.3 is 5.97 Å². The van der Waals surface area contributed by atoms with Gasteiger partial charge in [0.05, 0.1) is 25.5 Å². The van der Waals surface area contributed by atoms with E-state index < -0.39 is 5.97 Å². The van der Waals surface area contributed by atoms with E-state index >= 15 is 0 Å². The molecule has 0 saturated carbocycles. The van der Waals surface area contributed by atoms with Gasteiger partial charge < -0.3 is 14.6 Å². The summed E-state index contributed by atoms with van der Waals surface area (Å²) in [5.41, 5.74) is 4.51. The van der Waals surface area contributed by atoms with Gasteiger partial charge in [-0.15, -0.1) is 0 Å². The van der Waals surface area contributed by atoms with Gasteiger partial charge in [-0.2, -0.15) is 0 Å². The van der Waals surface area contributed by atoms with Crippen molar-refractivity contribution in [1.29, 1.82) is 0 Å². The fraction of sp³-hybridized carbons (Fsp3) is 0.308. The smallest absolute Gasteiger partial charge is 0.337 e. The Bertz CT molecular complexity index is 1090. The maximum atomic E-state index is 12.1. The van der Waals surface area contributed by atoms with Crippen LogP contribution >= 0.6 is 15.9 Å². The monoisotopic (exact) mass is 497 g/mol. The Kier molecular flexibility index (Phi) is 7.91. The summed E-state index contributed by atoms with van der Waals surface area (Å²) in [7, 11) is 3.24. The van der Waals surface area contributed by atoms with E-state index in [-0.39, 0.29) is 5.56 Å². The molecule has 32 heavy (non-hydrogen) atoms. The Hall–Kier alpha value is -2.86. The van der Waals surface area contributed by atoms with E-state index in [1.807, 2.05) is 42.5 Å². The summed E-state index contributed by atoms with van der Waals surface area (Å²) in [6.45, 7) is 4.28. The number of carbonyl (C=O) groups is 1. The second kappa shape index (κ2) is 10.6. The molecular weight excluding hydrogens is 470 g/mol. The van der Waals surface area contributed by atoms with Gasteiger partial charge in [-0.25, -0.2) is 4.79 Å². The van der Waals surface area contributed by atoms with Crippen LogP contribution in [0.5, 0.6) is 11.5 Å². The molecule has 0 spiro atoms. The number of benzene rings is 2. The minimum atomic E-state index is -0.973. The van der Waals surface area contributed by atoms with Gasteiger partial charge in [0.15, 0.2) is 0 Å². The number of aryl methyl sites for hydroxylation is 2. The highest BCUT2D eigenvalue weighted by Crippen LogP contribution is 2.30. The molecule has 1 N–H and O–H groups in total. The van der Waals surface area contributed by atoms with Gasteiger partial charge in [0.1, 0.15) is 11.5 Å². The maximum Gasteiger partial charge on any atom is 0.337 e. The minimum Gasteiger partial charge on any atom is -0.497 e. The van der Waals surface area contributed by atoms with Gasteiger partial charge in [-0.05, 0) is 72.7 Å². The predicted octanol–water partition coefficient (Wildman–Crippen LogP) is 6.21. The molecule has 0 aliphatic carbocycles. The minimum absolute atomic E-state index is 0.234. The lowest BCUT2D eigenvalue weighted by Gasteiger charge is -2.16. The number of ether oxygens (including phenoxy) is 2. The lowest BCUT2D eigenvalue weighted by Crippen LogP contribution is -2.11. The summed E-state index contributed by atoms with van der Waals surface area (Å²) < 4.78 is 11.8. The van der Waals surface area contributed by atoms with Gasteiger partial charge in [-0.3, -0.25) is 4.98 Å². The summed E-state index contributed by atoms with van der Waals surface area (Å²) >= 11 is 3.46. The molecule has 0 radical (unpaired) electrons. The second-order valence-corrected chi connectivity index (χ2v) is 8.98. The van der Waals surface area contributed by atoms with Crippen LogP contribution < -0.4 is 9.47 Å². The number of nitrogens with zero attached hydrogens (tertiary/aromatic N) is 1. The average molecular weight is 498 g/mol. The highest BCUT2D eigenvalue weighted by atomic mass is 79.9. The van der Waals surface area contributed by atoms with Crippen molar-refractivity contribution in [2.24, 2.45) is 5.92 Å². The Balaban J connectivity index is 2.03. The van der Waals surface area contributed by atoms with Crippen LogP contribution in [0.1, 0.15) is 41.2 Å². The van der Waals surface area contributed by atoms with Crippen molar-refractivity contribution in [3.05, 3.63) is 75.5 Å². The van der Waals surface area contributed by atoms with E-state index in [0.29, 0.717) is 24.5 Å². The molecule has 168 valence electrons. The maximum absolute atomic E-state index is 12.1. The van der Waals surface area contributed by atoms with Crippen LogP contribution in [0.3, 0.4) is 0 Å². The number of hydrogen-bond donors (Lipinski definition) is 1. The highest BCUT2D eigenvalue weighted by Gasteiger charge is 2.19. The van der Waals surface area contributed by atoms with Crippen LogP contribution in [0.25, 0.3) is 11.1 Å². The molecule has 0 aliphatic heterocycles. The third-order valence-corrected chi connectivity index (χ3v) is 5.82. The number of halogens is 1. The number of carboxylic acid groups (broad SMARTS) is 1. The van der Waals surface area contributed by atoms with E-state index in [4.69, 9.17) is 14.5 Å². The first kappa shape index (κ1) is 23.8. The Morgan fingerprint density at radius 3 is 2.31 bits per heavy atom. The summed E-state index contributed by atoms with van der Waals surface area (Å²) in [4.78, 5) is 17.0. The van der Waals surface area contributed by atoms with E-state index in [0.717, 1.165) is 44.8 Å². The van der Waals surface area contributed by atoms with Crippen LogP contribution in [0.2, 0.25) is 0 Å². The third-order valence-electron chi connectivity index (χ3n) is 5.29. The van der Waals surface area contributed by atoms with E-state index in [9.17, 15) is 9.90 Å². The molecule has 0 saturated heterocycles. The molecular formula is C26H28BrNO4. The van der Waals surface area contributed by atoms with Crippen LogP contribution in [-0.4, -0.2) is 30.3 Å². The van der Waals surface area contributed by atoms with Gasteiger partial charge in [0, 0.05) is 15.7 Å². The molecule has 0 fully saturated rings. The fourth-order valence-electron chi connectivity index (χ4n) is 3.72. The number of pyridine rings is 1. The van der Waals surface area contributed by atoms with Crippen molar-refractivity contribution in [3.8, 4) is 22.6 Å². The van der Waals surface area contributed by atoms with Crippen molar-refractivity contribution in [1.82, 2.24) is 4.98 Å². The fourth-order valence-corrected chi connectivity index (χ4v) is 3.99. The first-order valence-corrected chi connectivity index (χ1v) is 11.3. The molecule has 5 nitrogen and oxygen atoms in total. The first-order chi connectivity index (χ1) is 15.3. The SMILES string of the molecule is COc1ccc(OC)c(CCc2nc(CC(C)C)c(-c3ccc(Br)cc3)cc2C(=O)O)c1. The second-order valence-electron chi connectivity index (χ2n) is 8.06. The third kappa shape index (κ3) is 5.68. The molecule has 0 bridgehead atoms. The Morgan fingerprint density at radius 2 is 1.72 bits per heavy atom. The lowest BCUT2D eigenvalue weighted by atomic mass is 9.94. The molecule has 0 amide bonds. The summed E-state index contributed by atoms with van der Waals surface area (Å²) in [6, 6.07) is 15.3.